The number of rotatable bonds is 7. The van der Waals surface area contributed by atoms with E-state index in [-0.39, 0.29) is 5.25 Å². The van der Waals surface area contributed by atoms with E-state index in [1.54, 1.807) is 0 Å². The highest BCUT2D eigenvalue weighted by Crippen LogP contribution is 2.31. The summed E-state index contributed by atoms with van der Waals surface area (Å²) in [4.78, 5) is 3.90. The lowest BCUT2D eigenvalue weighted by molar-refractivity contribution is -0.137. The number of hydrogen-bond acceptors (Lipinski definition) is 3. The molecule has 114 valence electrons. The maximum Gasteiger partial charge on any atom is 0.417 e. The molecule has 1 aromatic heterocycles. The number of alkyl halides is 3. The van der Waals surface area contributed by atoms with Crippen LogP contribution < -0.4 is 5.32 Å². The van der Waals surface area contributed by atoms with Crippen molar-refractivity contribution in [3.05, 3.63) is 23.9 Å². The second-order valence-corrected chi connectivity index (χ2v) is 6.07. The zero-order valence-electron chi connectivity index (χ0n) is 12.0. The third-order valence-corrected chi connectivity index (χ3v) is 4.22. The number of thioether (sulfide) groups is 1. The molecule has 0 aliphatic heterocycles. The molecule has 0 bridgehead atoms. The Morgan fingerprint density at radius 3 is 2.45 bits per heavy atom. The van der Waals surface area contributed by atoms with E-state index in [1.807, 2.05) is 0 Å². The van der Waals surface area contributed by atoms with Gasteiger partial charge in [0, 0.05) is 17.5 Å². The van der Waals surface area contributed by atoms with E-state index >= 15 is 0 Å². The molecule has 0 fully saturated rings. The summed E-state index contributed by atoms with van der Waals surface area (Å²) >= 11 is 1.51. The summed E-state index contributed by atoms with van der Waals surface area (Å²) < 4.78 is 37.3. The van der Waals surface area contributed by atoms with Crippen LogP contribution in [-0.2, 0) is 6.18 Å². The molecule has 1 rings (SSSR count). The van der Waals surface area contributed by atoms with Crippen LogP contribution in [0.4, 0.5) is 13.2 Å². The maximum absolute atomic E-state index is 12.4. The van der Waals surface area contributed by atoms with E-state index in [0.29, 0.717) is 11.1 Å². The molecule has 0 radical (unpaired) electrons. The van der Waals surface area contributed by atoms with Gasteiger partial charge in [-0.1, -0.05) is 20.8 Å². The van der Waals surface area contributed by atoms with Crippen LogP contribution >= 0.6 is 11.8 Å². The highest BCUT2D eigenvalue weighted by Gasteiger charge is 2.30. The molecule has 0 spiro atoms. The molecule has 1 heterocycles. The minimum absolute atomic E-state index is 0.260. The van der Waals surface area contributed by atoms with Gasteiger partial charge in [0.25, 0.3) is 0 Å². The minimum Gasteiger partial charge on any atom is -0.313 e. The summed E-state index contributed by atoms with van der Waals surface area (Å²) in [5, 5.41) is 4.33. The predicted octanol–water partition coefficient (Wildman–Crippen LogP) is 4.36. The molecule has 2 nitrogen and oxygen atoms in total. The molecule has 0 aliphatic rings. The number of halogens is 3. The van der Waals surface area contributed by atoms with Crippen molar-refractivity contribution in [2.75, 3.05) is 6.54 Å². The van der Waals surface area contributed by atoms with E-state index in [1.165, 1.54) is 17.8 Å². The fraction of sp³-hybridized carbons (Fsp3) is 0.643. The molecule has 0 saturated carbocycles. The normalized spacial score (nSPS) is 15.1. The van der Waals surface area contributed by atoms with Crippen molar-refractivity contribution in [2.45, 2.75) is 56.1 Å². The topological polar surface area (TPSA) is 24.9 Å². The van der Waals surface area contributed by atoms with Gasteiger partial charge in [-0.25, -0.2) is 4.98 Å². The lowest BCUT2D eigenvalue weighted by atomic mass is 10.1. The zero-order valence-corrected chi connectivity index (χ0v) is 12.8. The van der Waals surface area contributed by atoms with E-state index in [0.717, 1.165) is 31.6 Å². The third kappa shape index (κ3) is 5.32. The van der Waals surface area contributed by atoms with Gasteiger partial charge in [0.05, 0.1) is 10.6 Å². The zero-order chi connectivity index (χ0) is 15.2. The van der Waals surface area contributed by atoms with Crippen molar-refractivity contribution in [2.24, 2.45) is 0 Å². The minimum atomic E-state index is -4.32. The van der Waals surface area contributed by atoms with Crippen molar-refractivity contribution >= 4 is 11.8 Å². The van der Waals surface area contributed by atoms with Gasteiger partial charge in [0.15, 0.2) is 0 Å². The summed E-state index contributed by atoms with van der Waals surface area (Å²) in [6, 6.07) is 2.86. The van der Waals surface area contributed by atoms with E-state index in [2.05, 4.69) is 31.1 Å². The van der Waals surface area contributed by atoms with Crippen LogP contribution in [0.15, 0.2) is 23.4 Å². The van der Waals surface area contributed by atoms with Crippen LogP contribution in [0, 0.1) is 0 Å². The molecule has 1 aromatic rings. The molecule has 6 heteroatoms. The molecule has 0 aliphatic carbocycles. The van der Waals surface area contributed by atoms with Gasteiger partial charge in [-0.05, 0) is 31.5 Å². The Kier molecular flexibility index (Phi) is 6.82. The molecular weight excluding hydrogens is 285 g/mol. The van der Waals surface area contributed by atoms with Gasteiger partial charge in [-0.15, -0.1) is 11.8 Å². The van der Waals surface area contributed by atoms with Gasteiger partial charge < -0.3 is 5.32 Å². The van der Waals surface area contributed by atoms with Crippen LogP contribution in [0.3, 0.4) is 0 Å². The van der Waals surface area contributed by atoms with Crippen molar-refractivity contribution in [1.82, 2.24) is 10.3 Å². The largest absolute Gasteiger partial charge is 0.417 e. The molecule has 0 amide bonds. The standard InChI is InChI=1S/C14H21F3N2S/c1-4-8-18-12(5-2)10(3)20-13-7-6-11(9-19-13)14(15,16)17/h6-7,9-10,12,18H,4-5,8H2,1-3H3. The van der Waals surface area contributed by atoms with Crippen LogP contribution in [-0.4, -0.2) is 22.8 Å². The third-order valence-electron chi connectivity index (χ3n) is 3.03. The van der Waals surface area contributed by atoms with Crippen molar-refractivity contribution in [3.8, 4) is 0 Å². The lowest BCUT2D eigenvalue weighted by Gasteiger charge is -2.23. The van der Waals surface area contributed by atoms with Crippen LogP contribution in [0.5, 0.6) is 0 Å². The van der Waals surface area contributed by atoms with Crippen LogP contribution in [0.25, 0.3) is 0 Å². The number of aromatic nitrogens is 1. The molecule has 0 aromatic carbocycles. The average Bonchev–Trinajstić information content (AvgIpc) is 2.39. The molecule has 2 unspecified atom stereocenters. The summed E-state index contributed by atoms with van der Waals surface area (Å²) in [5.41, 5.74) is -0.703. The van der Waals surface area contributed by atoms with Gasteiger partial charge in [-0.2, -0.15) is 13.2 Å². The van der Waals surface area contributed by atoms with Gasteiger partial charge in [0.2, 0.25) is 0 Å². The molecule has 20 heavy (non-hydrogen) atoms. The number of pyridine rings is 1. The highest BCUT2D eigenvalue weighted by molar-refractivity contribution is 7.99. The second kappa shape index (κ2) is 7.88. The van der Waals surface area contributed by atoms with Gasteiger partial charge in [-0.3, -0.25) is 0 Å². The smallest absolute Gasteiger partial charge is 0.313 e. The lowest BCUT2D eigenvalue weighted by Crippen LogP contribution is -2.36. The summed E-state index contributed by atoms with van der Waals surface area (Å²) in [6.45, 7) is 7.23. The first-order valence-electron chi connectivity index (χ1n) is 6.81. The Hall–Kier alpha value is -0.750. The van der Waals surface area contributed by atoms with Crippen molar-refractivity contribution in [1.29, 1.82) is 0 Å². The number of nitrogens with one attached hydrogen (secondary N) is 1. The Morgan fingerprint density at radius 2 is 2.00 bits per heavy atom. The first-order valence-corrected chi connectivity index (χ1v) is 7.69. The monoisotopic (exact) mass is 306 g/mol. The van der Waals surface area contributed by atoms with Crippen molar-refractivity contribution in [3.63, 3.8) is 0 Å². The number of hydrogen-bond donors (Lipinski definition) is 1. The van der Waals surface area contributed by atoms with E-state index in [4.69, 9.17) is 0 Å². The molecule has 0 saturated heterocycles. The molecule has 2 atom stereocenters. The van der Waals surface area contributed by atoms with Crippen LogP contribution in [0.2, 0.25) is 0 Å². The fourth-order valence-electron chi connectivity index (χ4n) is 1.86. The molecular formula is C14H21F3N2S. The SMILES string of the molecule is CCCNC(CC)C(C)Sc1ccc(C(F)(F)F)cn1. The van der Waals surface area contributed by atoms with Crippen molar-refractivity contribution < 1.29 is 13.2 Å². The maximum atomic E-state index is 12.4. The van der Waals surface area contributed by atoms with E-state index in [9.17, 15) is 13.2 Å². The summed E-state index contributed by atoms with van der Waals surface area (Å²) in [5.74, 6) is 0. The Morgan fingerprint density at radius 1 is 1.30 bits per heavy atom. The van der Waals surface area contributed by atoms with E-state index < -0.39 is 11.7 Å². The first-order chi connectivity index (χ1) is 9.38. The quantitative estimate of drug-likeness (QED) is 0.758. The fourth-order valence-corrected chi connectivity index (χ4v) is 2.96. The van der Waals surface area contributed by atoms with Gasteiger partial charge in [0.1, 0.15) is 0 Å². The van der Waals surface area contributed by atoms with Crippen LogP contribution in [0.1, 0.15) is 39.2 Å². The average molecular weight is 306 g/mol. The second-order valence-electron chi connectivity index (χ2n) is 4.67. The number of nitrogens with zero attached hydrogens (tertiary/aromatic N) is 1. The summed E-state index contributed by atoms with van der Waals surface area (Å²) in [7, 11) is 0. The Labute approximate surface area is 122 Å². The Bertz CT molecular complexity index is 392. The Balaban J connectivity index is 2.63. The molecule has 1 N–H and O–H groups in total. The highest BCUT2D eigenvalue weighted by atomic mass is 32.2. The predicted molar refractivity (Wildman–Crippen MR) is 76.9 cm³/mol. The first kappa shape index (κ1) is 17.3. The summed E-state index contributed by atoms with van der Waals surface area (Å²) in [6.07, 6.45) is -1.38. The van der Waals surface area contributed by atoms with Gasteiger partial charge >= 0.3 is 6.18 Å².